The minimum Gasteiger partial charge on any atom is -0.478 e. The molecule has 0 radical (unpaired) electrons. The molecular formula is C18H17Br2NO2S2. The molecule has 3 heterocycles. The quantitative estimate of drug-likeness (QED) is 0.536. The Labute approximate surface area is 171 Å². The lowest BCUT2D eigenvalue weighted by molar-refractivity contribution is -0.133. The maximum atomic E-state index is 11.2. The molecule has 1 aliphatic rings. The largest absolute Gasteiger partial charge is 0.478 e. The van der Waals surface area contributed by atoms with Gasteiger partial charge in [-0.15, -0.1) is 22.7 Å². The second-order valence-electron chi connectivity index (χ2n) is 5.70. The average molecular weight is 503 g/mol. The van der Waals surface area contributed by atoms with E-state index >= 15 is 0 Å². The lowest BCUT2D eigenvalue weighted by Gasteiger charge is -2.25. The van der Waals surface area contributed by atoms with Gasteiger partial charge in [0.2, 0.25) is 0 Å². The van der Waals surface area contributed by atoms with E-state index in [-0.39, 0.29) is 0 Å². The topological polar surface area (TPSA) is 40.5 Å². The second-order valence-corrected chi connectivity index (χ2v) is 9.24. The summed E-state index contributed by atoms with van der Waals surface area (Å²) in [5.41, 5.74) is 1.74. The van der Waals surface area contributed by atoms with Crippen LogP contribution in [0.3, 0.4) is 0 Å². The average Bonchev–Trinajstić information content (AvgIpc) is 3.21. The number of carboxylic acids is 1. The zero-order valence-electron chi connectivity index (χ0n) is 13.4. The van der Waals surface area contributed by atoms with Crippen molar-refractivity contribution in [2.45, 2.75) is 12.8 Å². The summed E-state index contributed by atoms with van der Waals surface area (Å²) in [6.07, 6.45) is 5.81. The van der Waals surface area contributed by atoms with E-state index in [0.29, 0.717) is 12.1 Å². The number of halogens is 2. The van der Waals surface area contributed by atoms with Gasteiger partial charge in [0.25, 0.3) is 0 Å². The third-order valence-corrected chi connectivity index (χ3v) is 7.76. The van der Waals surface area contributed by atoms with E-state index in [1.165, 1.54) is 15.3 Å². The van der Waals surface area contributed by atoms with E-state index in [0.717, 1.165) is 34.9 Å². The SMILES string of the molecule is O=C(O)C1=CCCN(CCC=C(c2sccc2Br)c2sccc2Br)C1. The van der Waals surface area contributed by atoms with Crippen molar-refractivity contribution in [3.8, 4) is 0 Å². The van der Waals surface area contributed by atoms with Gasteiger partial charge in [-0.1, -0.05) is 12.2 Å². The van der Waals surface area contributed by atoms with Gasteiger partial charge in [0.05, 0.1) is 0 Å². The van der Waals surface area contributed by atoms with Crippen LogP contribution in [0, 0.1) is 0 Å². The molecule has 0 aliphatic carbocycles. The molecule has 0 bridgehead atoms. The van der Waals surface area contributed by atoms with Gasteiger partial charge in [0, 0.05) is 49.5 Å². The monoisotopic (exact) mass is 501 g/mol. The van der Waals surface area contributed by atoms with Crippen LogP contribution >= 0.6 is 54.5 Å². The lowest BCUT2D eigenvalue weighted by atomic mass is 10.1. The van der Waals surface area contributed by atoms with E-state index in [1.807, 2.05) is 6.08 Å². The highest BCUT2D eigenvalue weighted by molar-refractivity contribution is 9.11. The van der Waals surface area contributed by atoms with Gasteiger partial charge in [0.1, 0.15) is 0 Å². The van der Waals surface area contributed by atoms with Crippen LogP contribution in [0.4, 0.5) is 0 Å². The summed E-state index contributed by atoms with van der Waals surface area (Å²) < 4.78 is 2.22. The van der Waals surface area contributed by atoms with Gasteiger partial charge in [-0.2, -0.15) is 0 Å². The Morgan fingerprint density at radius 2 is 1.84 bits per heavy atom. The summed E-state index contributed by atoms with van der Waals surface area (Å²) in [6.45, 7) is 2.31. The maximum Gasteiger partial charge on any atom is 0.332 e. The number of carboxylic acid groups (broad SMARTS) is 1. The standard InChI is InChI=1S/C18H17Br2NO2S2/c19-14-5-9-24-16(14)13(17-15(20)6-10-25-17)4-2-8-21-7-1-3-12(11-21)18(22)23/h3-6,9-10H,1-2,7-8,11H2,(H,22,23). The van der Waals surface area contributed by atoms with Gasteiger partial charge in [-0.3, -0.25) is 4.90 Å². The smallest absolute Gasteiger partial charge is 0.332 e. The fourth-order valence-electron chi connectivity index (χ4n) is 2.80. The zero-order valence-corrected chi connectivity index (χ0v) is 18.2. The fraction of sp³-hybridized carbons (Fsp3) is 0.278. The van der Waals surface area contributed by atoms with Crippen LogP contribution in [-0.2, 0) is 4.79 Å². The number of hydrogen-bond donors (Lipinski definition) is 1. The first-order valence-corrected chi connectivity index (χ1v) is 11.2. The van der Waals surface area contributed by atoms with Gasteiger partial charge in [-0.05, 0) is 67.6 Å². The summed E-state index contributed by atoms with van der Waals surface area (Å²) in [5.74, 6) is -0.800. The maximum absolute atomic E-state index is 11.2. The highest BCUT2D eigenvalue weighted by Crippen LogP contribution is 2.39. The molecule has 0 amide bonds. The molecule has 7 heteroatoms. The highest BCUT2D eigenvalue weighted by atomic mass is 79.9. The summed E-state index contributed by atoms with van der Waals surface area (Å²) in [7, 11) is 0. The predicted octanol–water partition coefficient (Wildman–Crippen LogP) is 5.87. The van der Waals surface area contributed by atoms with Crippen LogP contribution in [-0.4, -0.2) is 35.6 Å². The predicted molar refractivity (Wildman–Crippen MR) is 113 cm³/mol. The third-order valence-electron chi connectivity index (χ3n) is 4.02. The van der Waals surface area contributed by atoms with Crippen molar-refractivity contribution in [3.05, 3.63) is 59.3 Å². The van der Waals surface area contributed by atoms with Crippen molar-refractivity contribution in [1.82, 2.24) is 4.90 Å². The molecule has 0 saturated carbocycles. The van der Waals surface area contributed by atoms with Crippen LogP contribution in [0.5, 0.6) is 0 Å². The number of thiophene rings is 2. The Morgan fingerprint density at radius 1 is 1.20 bits per heavy atom. The Balaban J connectivity index is 1.74. The van der Waals surface area contributed by atoms with E-state index in [4.69, 9.17) is 5.11 Å². The minimum absolute atomic E-state index is 0.512. The van der Waals surface area contributed by atoms with Crippen molar-refractivity contribution in [1.29, 1.82) is 0 Å². The van der Waals surface area contributed by atoms with Crippen LogP contribution in [0.2, 0.25) is 0 Å². The van der Waals surface area contributed by atoms with Crippen LogP contribution in [0.1, 0.15) is 22.6 Å². The molecule has 2 aromatic rings. The molecule has 0 aromatic carbocycles. The van der Waals surface area contributed by atoms with Gasteiger partial charge < -0.3 is 5.11 Å². The Morgan fingerprint density at radius 3 is 2.36 bits per heavy atom. The highest BCUT2D eigenvalue weighted by Gasteiger charge is 2.18. The molecule has 1 aliphatic heterocycles. The van der Waals surface area contributed by atoms with Crippen molar-refractivity contribution in [2.24, 2.45) is 0 Å². The zero-order chi connectivity index (χ0) is 17.8. The Kier molecular flexibility index (Phi) is 6.68. The molecule has 3 rings (SSSR count). The molecule has 0 atom stereocenters. The van der Waals surface area contributed by atoms with Gasteiger partial charge >= 0.3 is 5.97 Å². The number of carbonyl (C=O) groups is 1. The van der Waals surface area contributed by atoms with Crippen LogP contribution < -0.4 is 0 Å². The third kappa shape index (κ3) is 4.71. The second kappa shape index (κ2) is 8.77. The first kappa shape index (κ1) is 19.0. The Bertz CT molecular complexity index is 780. The van der Waals surface area contributed by atoms with Crippen molar-refractivity contribution in [3.63, 3.8) is 0 Å². The summed E-state index contributed by atoms with van der Waals surface area (Å²) in [6, 6.07) is 4.15. The molecule has 2 aromatic heterocycles. The molecule has 1 N–H and O–H groups in total. The molecule has 0 unspecified atom stereocenters. The summed E-state index contributed by atoms with van der Waals surface area (Å²) >= 11 is 10.7. The fourth-order valence-corrected chi connectivity index (χ4v) is 6.14. The van der Waals surface area contributed by atoms with Crippen LogP contribution in [0.15, 0.2) is 49.6 Å². The number of hydrogen-bond acceptors (Lipinski definition) is 4. The number of aliphatic carboxylic acids is 1. The molecule has 3 nitrogen and oxygen atoms in total. The van der Waals surface area contributed by atoms with Gasteiger partial charge in [0.15, 0.2) is 0 Å². The molecular weight excluding hydrogens is 486 g/mol. The van der Waals surface area contributed by atoms with Crippen molar-refractivity contribution < 1.29 is 9.90 Å². The normalized spacial score (nSPS) is 15.0. The van der Waals surface area contributed by atoms with E-state index < -0.39 is 5.97 Å². The van der Waals surface area contributed by atoms with Crippen molar-refractivity contribution in [2.75, 3.05) is 19.6 Å². The Hall–Kier alpha value is -0.730. The first-order chi connectivity index (χ1) is 12.1. The minimum atomic E-state index is -0.800. The van der Waals surface area contributed by atoms with E-state index in [2.05, 4.69) is 65.7 Å². The molecule has 0 saturated heterocycles. The summed E-state index contributed by atoms with van der Waals surface area (Å²) in [5, 5.41) is 13.3. The number of rotatable bonds is 6. The van der Waals surface area contributed by atoms with Crippen LogP contribution in [0.25, 0.3) is 5.57 Å². The molecule has 0 fully saturated rings. The lowest BCUT2D eigenvalue weighted by Crippen LogP contribution is -2.32. The first-order valence-electron chi connectivity index (χ1n) is 7.88. The van der Waals surface area contributed by atoms with Crippen molar-refractivity contribution >= 4 is 66.1 Å². The van der Waals surface area contributed by atoms with E-state index in [9.17, 15) is 4.79 Å². The molecule has 132 valence electrons. The molecule has 0 spiro atoms. The van der Waals surface area contributed by atoms with Gasteiger partial charge in [-0.25, -0.2) is 4.79 Å². The molecule has 25 heavy (non-hydrogen) atoms. The number of nitrogens with zero attached hydrogens (tertiary/aromatic N) is 1. The summed E-state index contributed by atoms with van der Waals surface area (Å²) in [4.78, 5) is 15.8. The van der Waals surface area contributed by atoms with E-state index in [1.54, 1.807) is 22.7 Å².